The van der Waals surface area contributed by atoms with Crippen LogP contribution in [0.5, 0.6) is 0 Å². The van der Waals surface area contributed by atoms with Crippen LogP contribution in [-0.2, 0) is 17.9 Å². The Morgan fingerprint density at radius 3 is 2.72 bits per heavy atom. The lowest BCUT2D eigenvalue weighted by molar-refractivity contribution is -0.116. The Morgan fingerprint density at radius 1 is 1.25 bits per heavy atom. The molecule has 0 radical (unpaired) electrons. The van der Waals surface area contributed by atoms with Gasteiger partial charge < -0.3 is 10.2 Å². The van der Waals surface area contributed by atoms with Gasteiger partial charge in [0.05, 0.1) is 0 Å². The summed E-state index contributed by atoms with van der Waals surface area (Å²) in [5.74, 6) is -0.407. The van der Waals surface area contributed by atoms with E-state index in [2.05, 4.69) is 21.8 Å². The number of carbonyl (C=O) groups is 1. The van der Waals surface area contributed by atoms with Crippen molar-refractivity contribution >= 4 is 50.0 Å². The third kappa shape index (κ3) is 4.22. The molecule has 1 amide bonds. The zero-order chi connectivity index (χ0) is 22.8. The average Bonchev–Trinajstić information content (AvgIpc) is 3.24. The van der Waals surface area contributed by atoms with Gasteiger partial charge in [-0.3, -0.25) is 18.7 Å². The standard InChI is InChI=1S/C22H24ClN5O3S/c1-3-10-27-20(30)18-19(25-21(32-18)26-11-5-4-6-12-26)28(22(27)31)13-17(29)24-16-9-7-8-15(23)14(16)2/h3,7-9H,1,4-6,10-13H2,2H3,(H,24,29). The minimum atomic E-state index is -0.587. The third-order valence-corrected chi connectivity index (χ3v) is 7.04. The first kappa shape index (κ1) is 22.3. The summed E-state index contributed by atoms with van der Waals surface area (Å²) in [5, 5.41) is 4.04. The van der Waals surface area contributed by atoms with Gasteiger partial charge in [0.1, 0.15) is 11.2 Å². The van der Waals surface area contributed by atoms with Crippen molar-refractivity contribution in [1.82, 2.24) is 14.1 Å². The van der Waals surface area contributed by atoms with E-state index in [9.17, 15) is 14.4 Å². The number of aromatic nitrogens is 3. The lowest BCUT2D eigenvalue weighted by atomic mass is 10.1. The van der Waals surface area contributed by atoms with Crippen molar-refractivity contribution in [2.75, 3.05) is 23.3 Å². The fourth-order valence-corrected chi connectivity index (χ4v) is 5.04. The lowest BCUT2D eigenvalue weighted by Gasteiger charge is -2.25. The normalized spacial score (nSPS) is 14.0. The number of hydrogen-bond acceptors (Lipinski definition) is 6. The maximum absolute atomic E-state index is 13.1. The maximum atomic E-state index is 13.1. The minimum absolute atomic E-state index is 0.0551. The van der Waals surface area contributed by atoms with Crippen molar-refractivity contribution < 1.29 is 4.79 Å². The number of carbonyl (C=O) groups excluding carboxylic acids is 1. The van der Waals surface area contributed by atoms with E-state index in [0.717, 1.165) is 36.1 Å². The second-order valence-corrected chi connectivity index (χ2v) is 9.12. The minimum Gasteiger partial charge on any atom is -0.348 e. The van der Waals surface area contributed by atoms with Gasteiger partial charge in [-0.15, -0.1) is 6.58 Å². The number of hydrogen-bond donors (Lipinski definition) is 1. The van der Waals surface area contributed by atoms with E-state index in [0.29, 0.717) is 20.5 Å². The number of halogens is 1. The zero-order valence-corrected chi connectivity index (χ0v) is 19.3. The van der Waals surface area contributed by atoms with Crippen LogP contribution in [0.25, 0.3) is 10.3 Å². The summed E-state index contributed by atoms with van der Waals surface area (Å²) in [5.41, 5.74) is 0.545. The van der Waals surface area contributed by atoms with E-state index < -0.39 is 17.2 Å². The average molecular weight is 474 g/mol. The molecule has 0 spiro atoms. The van der Waals surface area contributed by atoms with Gasteiger partial charge in [-0.1, -0.05) is 35.1 Å². The Hall–Kier alpha value is -2.91. The molecule has 10 heteroatoms. The molecular formula is C22H24ClN5O3S. The summed E-state index contributed by atoms with van der Waals surface area (Å²) >= 11 is 7.41. The molecule has 0 bridgehead atoms. The van der Waals surface area contributed by atoms with Crippen LogP contribution in [0.2, 0.25) is 5.02 Å². The first-order valence-electron chi connectivity index (χ1n) is 10.5. The molecule has 8 nitrogen and oxygen atoms in total. The Kier molecular flexibility index (Phi) is 6.48. The van der Waals surface area contributed by atoms with Crippen LogP contribution in [0, 0.1) is 6.92 Å². The number of allylic oxidation sites excluding steroid dienone is 1. The molecule has 1 aromatic carbocycles. The zero-order valence-electron chi connectivity index (χ0n) is 17.8. The van der Waals surface area contributed by atoms with Crippen LogP contribution >= 0.6 is 22.9 Å². The van der Waals surface area contributed by atoms with Gasteiger partial charge >= 0.3 is 5.69 Å². The molecule has 0 unspecified atom stereocenters. The van der Waals surface area contributed by atoms with Crippen molar-refractivity contribution in [3.63, 3.8) is 0 Å². The lowest BCUT2D eigenvalue weighted by Crippen LogP contribution is -2.41. The predicted octanol–water partition coefficient (Wildman–Crippen LogP) is 3.40. The highest BCUT2D eigenvalue weighted by molar-refractivity contribution is 7.22. The molecule has 2 aromatic heterocycles. The SMILES string of the molecule is C=CCn1c(=O)c2sc(N3CCCCC3)nc2n(CC(=O)Nc2cccc(Cl)c2C)c1=O. The second-order valence-electron chi connectivity index (χ2n) is 7.73. The van der Waals surface area contributed by atoms with Crippen LogP contribution in [0.15, 0.2) is 40.4 Å². The summed E-state index contributed by atoms with van der Waals surface area (Å²) in [6.45, 7) is 6.94. The van der Waals surface area contributed by atoms with E-state index >= 15 is 0 Å². The number of nitrogens with zero attached hydrogens (tertiary/aromatic N) is 4. The number of piperidine rings is 1. The molecule has 1 saturated heterocycles. The van der Waals surface area contributed by atoms with Crippen LogP contribution in [-0.4, -0.2) is 33.1 Å². The topological polar surface area (TPSA) is 89.2 Å². The number of thiazole rings is 1. The van der Waals surface area contributed by atoms with E-state index in [4.69, 9.17) is 11.6 Å². The number of fused-ring (bicyclic) bond motifs is 1. The highest BCUT2D eigenvalue weighted by atomic mass is 35.5. The van der Waals surface area contributed by atoms with Gasteiger partial charge in [0.25, 0.3) is 5.56 Å². The van der Waals surface area contributed by atoms with Gasteiger partial charge in [-0.2, -0.15) is 0 Å². The molecule has 3 heterocycles. The molecule has 0 aliphatic carbocycles. The second kappa shape index (κ2) is 9.30. The number of anilines is 2. The Labute approximate surface area is 193 Å². The smallest absolute Gasteiger partial charge is 0.333 e. The van der Waals surface area contributed by atoms with Crippen LogP contribution in [0.4, 0.5) is 10.8 Å². The predicted molar refractivity (Wildman–Crippen MR) is 129 cm³/mol. The molecule has 1 aliphatic heterocycles. The largest absolute Gasteiger partial charge is 0.348 e. The summed E-state index contributed by atoms with van der Waals surface area (Å²) < 4.78 is 2.71. The van der Waals surface area contributed by atoms with Crippen molar-refractivity contribution in [1.29, 1.82) is 0 Å². The molecule has 3 aromatic rings. The Morgan fingerprint density at radius 2 is 2.00 bits per heavy atom. The molecule has 4 rings (SSSR count). The van der Waals surface area contributed by atoms with Gasteiger partial charge in [0.15, 0.2) is 10.8 Å². The van der Waals surface area contributed by atoms with Gasteiger partial charge in [-0.05, 0) is 43.9 Å². The number of nitrogens with one attached hydrogen (secondary N) is 1. The first-order chi connectivity index (χ1) is 15.4. The third-order valence-electron chi connectivity index (χ3n) is 5.54. The molecule has 1 fully saturated rings. The highest BCUT2D eigenvalue weighted by Gasteiger charge is 2.22. The van der Waals surface area contributed by atoms with E-state index in [1.54, 1.807) is 25.1 Å². The molecule has 168 valence electrons. The fraction of sp³-hybridized carbons (Fsp3) is 0.364. The Bertz CT molecular complexity index is 1300. The maximum Gasteiger partial charge on any atom is 0.333 e. The molecule has 0 saturated carbocycles. The van der Waals surface area contributed by atoms with E-state index in [-0.39, 0.29) is 18.7 Å². The molecule has 1 aliphatic rings. The van der Waals surface area contributed by atoms with Crippen LogP contribution in [0.3, 0.4) is 0 Å². The summed E-state index contributed by atoms with van der Waals surface area (Å²) in [4.78, 5) is 45.7. The van der Waals surface area contributed by atoms with E-state index in [1.807, 2.05) is 0 Å². The van der Waals surface area contributed by atoms with Gasteiger partial charge in [-0.25, -0.2) is 9.78 Å². The van der Waals surface area contributed by atoms with Crippen molar-refractivity contribution in [2.24, 2.45) is 0 Å². The fourth-order valence-electron chi connectivity index (χ4n) is 3.80. The number of rotatable bonds is 6. The van der Waals surface area contributed by atoms with Crippen molar-refractivity contribution in [3.8, 4) is 0 Å². The molecule has 0 atom stereocenters. The number of benzene rings is 1. The van der Waals surface area contributed by atoms with Gasteiger partial charge in [0.2, 0.25) is 5.91 Å². The van der Waals surface area contributed by atoms with Crippen LogP contribution in [0.1, 0.15) is 24.8 Å². The van der Waals surface area contributed by atoms with E-state index in [1.165, 1.54) is 28.4 Å². The quantitative estimate of drug-likeness (QED) is 0.554. The molecule has 1 N–H and O–H groups in total. The van der Waals surface area contributed by atoms with Crippen LogP contribution < -0.4 is 21.5 Å². The summed E-state index contributed by atoms with van der Waals surface area (Å²) in [7, 11) is 0. The Balaban J connectivity index is 1.76. The highest BCUT2D eigenvalue weighted by Crippen LogP contribution is 2.28. The summed E-state index contributed by atoms with van der Waals surface area (Å²) in [6.07, 6.45) is 4.78. The molecular weight excluding hydrogens is 450 g/mol. The van der Waals surface area contributed by atoms with Crippen molar-refractivity contribution in [3.05, 3.63) is 62.3 Å². The first-order valence-corrected chi connectivity index (χ1v) is 11.6. The van der Waals surface area contributed by atoms with Gasteiger partial charge in [0, 0.05) is 30.3 Å². The van der Waals surface area contributed by atoms with Crippen molar-refractivity contribution in [2.45, 2.75) is 39.3 Å². The monoisotopic (exact) mass is 473 g/mol. The summed E-state index contributed by atoms with van der Waals surface area (Å²) in [6, 6.07) is 5.22. The number of amides is 1. The molecule has 32 heavy (non-hydrogen) atoms.